The van der Waals surface area contributed by atoms with Gasteiger partial charge in [0, 0.05) is 18.7 Å². The third kappa shape index (κ3) is 2.14. The summed E-state index contributed by atoms with van der Waals surface area (Å²) >= 11 is 0. The minimum Gasteiger partial charge on any atom is -0.361 e. The van der Waals surface area contributed by atoms with Gasteiger partial charge >= 0.3 is 0 Å². The molecule has 2 heterocycles. The molecule has 1 saturated heterocycles. The normalized spacial score (nSPS) is 29.2. The molecule has 110 valence electrons. The average molecular weight is 277 g/mol. The second-order valence-corrected chi connectivity index (χ2v) is 6.22. The molecule has 0 aromatic carbocycles. The number of aryl methyl sites for hydroxylation is 2. The molecule has 1 aromatic rings. The highest BCUT2D eigenvalue weighted by molar-refractivity contribution is 5.83. The van der Waals surface area contributed by atoms with E-state index < -0.39 is 0 Å². The van der Waals surface area contributed by atoms with Gasteiger partial charge in [-0.15, -0.1) is 0 Å². The zero-order valence-electron chi connectivity index (χ0n) is 12.3. The Labute approximate surface area is 119 Å². The number of carbonyl (C=O) groups excluding carboxylic acids is 1. The average Bonchev–Trinajstić information content (AvgIpc) is 3.02. The first-order chi connectivity index (χ1) is 9.63. The molecule has 2 atom stereocenters. The van der Waals surface area contributed by atoms with Gasteiger partial charge in [-0.1, -0.05) is 18.0 Å². The minimum absolute atomic E-state index is 0.183. The second-order valence-electron chi connectivity index (χ2n) is 6.22. The summed E-state index contributed by atoms with van der Waals surface area (Å²) in [5.74, 6) is 1.50. The van der Waals surface area contributed by atoms with Gasteiger partial charge in [0.1, 0.15) is 5.76 Å². The highest BCUT2D eigenvalue weighted by Gasteiger charge is 2.49. The van der Waals surface area contributed by atoms with Gasteiger partial charge in [-0.3, -0.25) is 4.79 Å². The number of amides is 1. The molecule has 2 fully saturated rings. The Morgan fingerprint density at radius 2 is 2.35 bits per heavy atom. The lowest BCUT2D eigenvalue weighted by Crippen LogP contribution is -2.47. The number of fused-ring (bicyclic) bond motifs is 1. The SMILES string of the molecule is Cc1noc(C)c1CNC(=O)[C@@]12CCCC[C@H]1CNC2. The minimum atomic E-state index is -0.183. The maximum Gasteiger partial charge on any atom is 0.228 e. The van der Waals surface area contributed by atoms with Crippen LogP contribution in [-0.2, 0) is 11.3 Å². The van der Waals surface area contributed by atoms with Gasteiger partial charge in [-0.05, 0) is 39.2 Å². The summed E-state index contributed by atoms with van der Waals surface area (Å²) < 4.78 is 5.14. The van der Waals surface area contributed by atoms with Gasteiger partial charge in [-0.25, -0.2) is 0 Å². The summed E-state index contributed by atoms with van der Waals surface area (Å²) in [6.45, 7) is 6.13. The third-order valence-electron chi connectivity index (χ3n) is 5.10. The number of carbonyl (C=O) groups is 1. The van der Waals surface area contributed by atoms with Crippen LogP contribution in [-0.4, -0.2) is 24.2 Å². The van der Waals surface area contributed by atoms with Crippen molar-refractivity contribution in [2.75, 3.05) is 13.1 Å². The quantitative estimate of drug-likeness (QED) is 0.882. The van der Waals surface area contributed by atoms with Gasteiger partial charge in [0.15, 0.2) is 0 Å². The van der Waals surface area contributed by atoms with E-state index in [1.54, 1.807) is 0 Å². The van der Waals surface area contributed by atoms with Crippen molar-refractivity contribution in [3.05, 3.63) is 17.0 Å². The van der Waals surface area contributed by atoms with Gasteiger partial charge in [0.2, 0.25) is 5.91 Å². The Bertz CT molecular complexity index is 492. The van der Waals surface area contributed by atoms with E-state index in [4.69, 9.17) is 4.52 Å². The van der Waals surface area contributed by atoms with Crippen molar-refractivity contribution >= 4 is 5.91 Å². The standard InChI is InChI=1S/C15H23N3O2/c1-10-13(11(2)20-18-10)8-17-14(19)15-6-4-3-5-12(15)7-16-9-15/h12,16H,3-9H2,1-2H3,(H,17,19)/t12-,15+/m0/s1. The number of aromatic nitrogens is 1. The topological polar surface area (TPSA) is 67.2 Å². The molecule has 0 bridgehead atoms. The zero-order chi connectivity index (χ0) is 14.2. The van der Waals surface area contributed by atoms with Crippen LogP contribution in [0.25, 0.3) is 0 Å². The smallest absolute Gasteiger partial charge is 0.228 e. The molecule has 5 nitrogen and oxygen atoms in total. The molecule has 5 heteroatoms. The predicted molar refractivity (Wildman–Crippen MR) is 75.1 cm³/mol. The van der Waals surface area contributed by atoms with Crippen LogP contribution in [0.15, 0.2) is 4.52 Å². The second kappa shape index (κ2) is 5.20. The van der Waals surface area contributed by atoms with Crippen LogP contribution in [0.5, 0.6) is 0 Å². The van der Waals surface area contributed by atoms with E-state index in [2.05, 4.69) is 15.8 Å². The molecular weight excluding hydrogens is 254 g/mol. The number of nitrogens with zero attached hydrogens (tertiary/aromatic N) is 1. The molecular formula is C15H23N3O2. The molecule has 2 aliphatic rings. The summed E-state index contributed by atoms with van der Waals surface area (Å²) in [4.78, 5) is 12.7. The first-order valence-electron chi connectivity index (χ1n) is 7.54. The van der Waals surface area contributed by atoms with E-state index in [9.17, 15) is 4.79 Å². The first kappa shape index (κ1) is 13.6. The lowest BCUT2D eigenvalue weighted by molar-refractivity contribution is -0.134. The maximum absolute atomic E-state index is 12.7. The van der Waals surface area contributed by atoms with E-state index in [1.807, 2.05) is 13.8 Å². The van der Waals surface area contributed by atoms with Crippen molar-refractivity contribution in [3.63, 3.8) is 0 Å². The van der Waals surface area contributed by atoms with E-state index in [1.165, 1.54) is 12.8 Å². The molecule has 1 amide bonds. The fraction of sp³-hybridized carbons (Fsp3) is 0.733. The predicted octanol–water partition coefficient (Wildman–Crippen LogP) is 1.69. The molecule has 1 aromatic heterocycles. The van der Waals surface area contributed by atoms with Crippen molar-refractivity contribution < 1.29 is 9.32 Å². The molecule has 2 N–H and O–H groups in total. The maximum atomic E-state index is 12.7. The lowest BCUT2D eigenvalue weighted by Gasteiger charge is -2.37. The summed E-state index contributed by atoms with van der Waals surface area (Å²) in [7, 11) is 0. The summed E-state index contributed by atoms with van der Waals surface area (Å²) in [6.07, 6.45) is 4.60. The number of hydrogen-bond donors (Lipinski definition) is 2. The molecule has 0 unspecified atom stereocenters. The first-order valence-corrected chi connectivity index (χ1v) is 7.54. The van der Waals surface area contributed by atoms with E-state index in [-0.39, 0.29) is 11.3 Å². The Hall–Kier alpha value is -1.36. The van der Waals surface area contributed by atoms with Gasteiger partial charge in [0.05, 0.1) is 11.1 Å². The molecule has 1 saturated carbocycles. The largest absolute Gasteiger partial charge is 0.361 e. The molecule has 20 heavy (non-hydrogen) atoms. The Morgan fingerprint density at radius 1 is 1.50 bits per heavy atom. The van der Waals surface area contributed by atoms with Crippen molar-refractivity contribution in [3.8, 4) is 0 Å². The number of nitrogens with one attached hydrogen (secondary N) is 2. The van der Waals surface area contributed by atoms with E-state index in [0.717, 1.165) is 42.9 Å². The van der Waals surface area contributed by atoms with Crippen molar-refractivity contribution in [1.29, 1.82) is 0 Å². The zero-order valence-corrected chi connectivity index (χ0v) is 12.3. The van der Waals surface area contributed by atoms with Crippen LogP contribution >= 0.6 is 0 Å². The molecule has 3 rings (SSSR count). The summed E-state index contributed by atoms with van der Waals surface area (Å²) in [5.41, 5.74) is 1.69. The lowest BCUT2D eigenvalue weighted by atomic mass is 9.67. The van der Waals surface area contributed by atoms with Crippen LogP contribution in [0.3, 0.4) is 0 Å². The van der Waals surface area contributed by atoms with Gasteiger partial charge in [0.25, 0.3) is 0 Å². The molecule has 1 aliphatic heterocycles. The van der Waals surface area contributed by atoms with Crippen molar-refractivity contribution in [2.45, 2.75) is 46.1 Å². The van der Waals surface area contributed by atoms with Crippen LogP contribution in [0, 0.1) is 25.2 Å². The highest BCUT2D eigenvalue weighted by atomic mass is 16.5. The fourth-order valence-corrected chi connectivity index (χ4v) is 3.79. The summed E-state index contributed by atoms with van der Waals surface area (Å²) in [6, 6.07) is 0. The van der Waals surface area contributed by atoms with E-state index in [0.29, 0.717) is 12.5 Å². The van der Waals surface area contributed by atoms with Crippen LogP contribution < -0.4 is 10.6 Å². The van der Waals surface area contributed by atoms with Crippen molar-refractivity contribution in [1.82, 2.24) is 15.8 Å². The fourth-order valence-electron chi connectivity index (χ4n) is 3.79. The Morgan fingerprint density at radius 3 is 3.10 bits per heavy atom. The third-order valence-corrected chi connectivity index (χ3v) is 5.10. The Balaban J connectivity index is 1.70. The molecule has 0 spiro atoms. The van der Waals surface area contributed by atoms with Crippen LogP contribution in [0.2, 0.25) is 0 Å². The Kier molecular flexibility index (Phi) is 3.54. The van der Waals surface area contributed by atoms with Crippen molar-refractivity contribution in [2.24, 2.45) is 11.3 Å². The number of hydrogen-bond acceptors (Lipinski definition) is 4. The van der Waals surface area contributed by atoms with Crippen LogP contribution in [0.4, 0.5) is 0 Å². The molecule has 1 aliphatic carbocycles. The van der Waals surface area contributed by atoms with Gasteiger partial charge in [-0.2, -0.15) is 0 Å². The monoisotopic (exact) mass is 277 g/mol. The summed E-state index contributed by atoms with van der Waals surface area (Å²) in [5, 5.41) is 10.5. The van der Waals surface area contributed by atoms with E-state index >= 15 is 0 Å². The highest BCUT2D eigenvalue weighted by Crippen LogP contribution is 2.43. The van der Waals surface area contributed by atoms with Crippen LogP contribution in [0.1, 0.15) is 42.7 Å². The molecule has 0 radical (unpaired) electrons. The number of rotatable bonds is 3. The van der Waals surface area contributed by atoms with Gasteiger partial charge < -0.3 is 15.2 Å².